The molecule has 0 aromatic heterocycles. The van der Waals surface area contributed by atoms with Gasteiger partial charge in [-0.15, -0.1) is 0 Å². The molecule has 1 heterocycles. The number of ketones is 1. The number of Topliss-reactive ketones (excluding diaryl/α,β-unsaturated/α-hetero) is 1. The Kier molecular flexibility index (Phi) is 7.13. The first-order chi connectivity index (χ1) is 13.5. The van der Waals surface area contributed by atoms with Crippen LogP contribution in [0.4, 0.5) is 0 Å². The van der Waals surface area contributed by atoms with Crippen LogP contribution in [0.5, 0.6) is 0 Å². The second-order valence-corrected chi connectivity index (χ2v) is 8.46. The maximum absolute atomic E-state index is 13.3. The summed E-state index contributed by atoms with van der Waals surface area (Å²) in [5.41, 5.74) is -0.238. The number of aliphatic hydroxyl groups is 1. The van der Waals surface area contributed by atoms with Crippen molar-refractivity contribution in [3.05, 3.63) is 34.9 Å². The van der Waals surface area contributed by atoms with Gasteiger partial charge in [-0.25, -0.2) is 0 Å². The van der Waals surface area contributed by atoms with E-state index in [2.05, 4.69) is 4.90 Å². The first-order valence-electron chi connectivity index (χ1n) is 10.4. The molecule has 0 bridgehead atoms. The number of hydrogen-bond donors (Lipinski definition) is 1. The molecule has 1 aromatic rings. The maximum atomic E-state index is 13.3. The highest BCUT2D eigenvalue weighted by Gasteiger charge is 2.48. The molecule has 154 valence electrons. The molecule has 3 rings (SSSR count). The van der Waals surface area contributed by atoms with Crippen molar-refractivity contribution in [2.45, 2.75) is 62.9 Å². The number of nitrogens with zero attached hydrogens (tertiary/aromatic N) is 2. The number of aliphatic hydroxyl groups excluding tert-OH is 1. The van der Waals surface area contributed by atoms with Gasteiger partial charge in [0.25, 0.3) is 0 Å². The van der Waals surface area contributed by atoms with Crippen molar-refractivity contribution in [3.63, 3.8) is 0 Å². The van der Waals surface area contributed by atoms with Gasteiger partial charge >= 0.3 is 0 Å². The van der Waals surface area contributed by atoms with Gasteiger partial charge < -0.3 is 10.0 Å². The molecule has 1 saturated carbocycles. The van der Waals surface area contributed by atoms with Crippen LogP contribution in [0.1, 0.15) is 56.9 Å². The van der Waals surface area contributed by atoms with Crippen molar-refractivity contribution in [2.24, 2.45) is 0 Å². The smallest absolute Gasteiger partial charge is 0.237 e. The molecule has 6 heteroatoms. The highest BCUT2D eigenvalue weighted by atomic mass is 35.5. The molecule has 2 aliphatic rings. The third-order valence-corrected chi connectivity index (χ3v) is 6.80. The van der Waals surface area contributed by atoms with Gasteiger partial charge in [-0.1, -0.05) is 36.2 Å². The fraction of sp³-hybridized carbons (Fsp3) is 0.636. The van der Waals surface area contributed by atoms with Crippen LogP contribution >= 0.6 is 11.6 Å². The number of carbonyl (C=O) groups is 2. The molecule has 1 aliphatic heterocycles. The minimum Gasteiger partial charge on any atom is -0.396 e. The topological polar surface area (TPSA) is 60.9 Å². The van der Waals surface area contributed by atoms with E-state index in [1.165, 1.54) is 0 Å². The molecular weight excluding hydrogens is 376 g/mol. The summed E-state index contributed by atoms with van der Waals surface area (Å²) in [6.07, 6.45) is 6.72. The summed E-state index contributed by atoms with van der Waals surface area (Å²) >= 11 is 6.49. The Balaban J connectivity index is 1.87. The third kappa shape index (κ3) is 4.12. The number of halogens is 1. The highest BCUT2D eigenvalue weighted by molar-refractivity contribution is 6.31. The lowest BCUT2D eigenvalue weighted by Crippen LogP contribution is -2.57. The van der Waals surface area contributed by atoms with E-state index in [1.807, 2.05) is 18.2 Å². The van der Waals surface area contributed by atoms with Gasteiger partial charge in [-0.05, 0) is 51.1 Å². The molecule has 2 unspecified atom stereocenters. The second kappa shape index (κ2) is 9.38. The number of likely N-dealkylation sites (N-methyl/N-ethyl adjacent to an activating group) is 1. The molecule has 1 saturated heterocycles. The lowest BCUT2D eigenvalue weighted by Gasteiger charge is -2.45. The minimum atomic E-state index is -0.976. The van der Waals surface area contributed by atoms with E-state index in [4.69, 9.17) is 11.6 Å². The summed E-state index contributed by atoms with van der Waals surface area (Å²) in [4.78, 5) is 30.3. The molecule has 2 atom stereocenters. The van der Waals surface area contributed by atoms with Crippen LogP contribution in [0.2, 0.25) is 5.02 Å². The number of benzene rings is 1. The van der Waals surface area contributed by atoms with Gasteiger partial charge in [0, 0.05) is 36.7 Å². The maximum Gasteiger partial charge on any atom is 0.237 e. The van der Waals surface area contributed by atoms with Crippen molar-refractivity contribution in [3.8, 4) is 0 Å². The fourth-order valence-electron chi connectivity index (χ4n) is 4.87. The van der Waals surface area contributed by atoms with Crippen LogP contribution in [0, 0.1) is 0 Å². The number of rotatable bonds is 6. The number of amides is 1. The van der Waals surface area contributed by atoms with Crippen molar-refractivity contribution in [2.75, 3.05) is 26.7 Å². The lowest BCUT2D eigenvalue weighted by atomic mass is 9.74. The van der Waals surface area contributed by atoms with Crippen LogP contribution in [0.3, 0.4) is 0 Å². The van der Waals surface area contributed by atoms with E-state index in [0.717, 1.165) is 44.2 Å². The van der Waals surface area contributed by atoms with Crippen LogP contribution in [-0.2, 0) is 15.1 Å². The molecule has 28 heavy (non-hydrogen) atoms. The number of hydrogen-bond acceptors (Lipinski definition) is 4. The van der Waals surface area contributed by atoms with Crippen LogP contribution in [-0.4, -0.2) is 59.4 Å². The monoisotopic (exact) mass is 406 g/mol. The molecule has 0 radical (unpaired) electrons. The average molecular weight is 407 g/mol. The third-order valence-electron chi connectivity index (χ3n) is 6.47. The molecule has 2 fully saturated rings. The first-order valence-corrected chi connectivity index (χ1v) is 10.8. The van der Waals surface area contributed by atoms with Crippen LogP contribution < -0.4 is 0 Å². The van der Waals surface area contributed by atoms with Gasteiger partial charge in [-0.2, -0.15) is 0 Å². The predicted molar refractivity (Wildman–Crippen MR) is 110 cm³/mol. The molecule has 0 spiro atoms. The van der Waals surface area contributed by atoms with Gasteiger partial charge in [-0.3, -0.25) is 14.5 Å². The van der Waals surface area contributed by atoms with E-state index in [9.17, 15) is 14.7 Å². The van der Waals surface area contributed by atoms with E-state index < -0.39 is 5.54 Å². The zero-order chi connectivity index (χ0) is 20.1. The molecule has 1 aliphatic carbocycles. The molecular formula is C22H31ClN2O3. The van der Waals surface area contributed by atoms with Crippen LogP contribution in [0.15, 0.2) is 24.3 Å². The summed E-state index contributed by atoms with van der Waals surface area (Å²) in [6.45, 7) is 1.27. The summed E-state index contributed by atoms with van der Waals surface area (Å²) < 4.78 is 0. The predicted octanol–water partition coefficient (Wildman–Crippen LogP) is 3.37. The zero-order valence-electron chi connectivity index (χ0n) is 16.7. The quantitative estimate of drug-likeness (QED) is 0.786. The summed E-state index contributed by atoms with van der Waals surface area (Å²) in [7, 11) is 1.75. The fourth-order valence-corrected chi connectivity index (χ4v) is 5.16. The highest BCUT2D eigenvalue weighted by Crippen LogP contribution is 2.42. The van der Waals surface area contributed by atoms with Gasteiger partial charge in [0.15, 0.2) is 5.78 Å². The SMILES string of the molecule is CN(C(=O)CN1CCCCC1CCO)C1(c2ccccc2Cl)CCCCC1=O. The van der Waals surface area contributed by atoms with Crippen molar-refractivity contribution in [1.29, 1.82) is 0 Å². The Morgan fingerprint density at radius 1 is 1.29 bits per heavy atom. The van der Waals surface area contributed by atoms with Gasteiger partial charge in [0.1, 0.15) is 5.54 Å². The van der Waals surface area contributed by atoms with Crippen molar-refractivity contribution < 1.29 is 14.7 Å². The normalized spacial score (nSPS) is 26.2. The zero-order valence-corrected chi connectivity index (χ0v) is 17.5. The standard InChI is InChI=1S/C22H31ClN2O3/c1-24(21(28)16-25-14-7-5-8-17(25)12-15-26)22(13-6-4-11-20(22)27)18-9-2-3-10-19(18)23/h2-3,9-10,17,26H,4-8,11-16H2,1H3. The van der Waals surface area contributed by atoms with E-state index in [-0.39, 0.29) is 30.9 Å². The summed E-state index contributed by atoms with van der Waals surface area (Å²) in [5.74, 6) is 0.0215. The minimum absolute atomic E-state index is 0.0555. The Hall–Kier alpha value is -1.43. The molecule has 5 nitrogen and oxygen atoms in total. The van der Waals surface area contributed by atoms with Gasteiger partial charge in [0.05, 0.1) is 6.54 Å². The lowest BCUT2D eigenvalue weighted by molar-refractivity contribution is -0.149. The van der Waals surface area contributed by atoms with E-state index in [0.29, 0.717) is 24.3 Å². The van der Waals surface area contributed by atoms with Crippen molar-refractivity contribution in [1.82, 2.24) is 9.80 Å². The Morgan fingerprint density at radius 2 is 2.07 bits per heavy atom. The second-order valence-electron chi connectivity index (χ2n) is 8.06. The molecule has 1 aromatic carbocycles. The van der Waals surface area contributed by atoms with Crippen LogP contribution in [0.25, 0.3) is 0 Å². The molecule has 1 N–H and O–H groups in total. The number of likely N-dealkylation sites (tertiary alicyclic amines) is 1. The summed E-state index contributed by atoms with van der Waals surface area (Å²) in [5, 5.41) is 9.89. The molecule has 1 amide bonds. The Labute approximate surface area is 172 Å². The van der Waals surface area contributed by atoms with E-state index >= 15 is 0 Å². The number of carbonyl (C=O) groups excluding carboxylic acids is 2. The van der Waals surface area contributed by atoms with Gasteiger partial charge in [0.2, 0.25) is 5.91 Å². The van der Waals surface area contributed by atoms with Crippen molar-refractivity contribution >= 4 is 23.3 Å². The van der Waals surface area contributed by atoms with E-state index in [1.54, 1.807) is 18.0 Å². The largest absolute Gasteiger partial charge is 0.396 e. The average Bonchev–Trinajstić information content (AvgIpc) is 2.70. The first kappa shape index (κ1) is 21.3. The Bertz CT molecular complexity index is 709. The summed E-state index contributed by atoms with van der Waals surface area (Å²) in [6, 6.07) is 7.63. The number of piperidine rings is 1. The Morgan fingerprint density at radius 3 is 2.79 bits per heavy atom.